The molecule has 5 nitrogen and oxygen atoms in total. The molecular weight excluding hydrogens is 312 g/mol. The van der Waals surface area contributed by atoms with E-state index in [1.54, 1.807) is 4.90 Å². The number of amides is 1. The van der Waals surface area contributed by atoms with Gasteiger partial charge in [0, 0.05) is 13.1 Å². The summed E-state index contributed by atoms with van der Waals surface area (Å²) < 4.78 is 25.8. The number of benzene rings is 1. The number of hydrogen-bond donors (Lipinski definition) is 0. The van der Waals surface area contributed by atoms with Crippen LogP contribution in [-0.2, 0) is 14.8 Å². The first-order valence-electron chi connectivity index (χ1n) is 8.02. The molecule has 0 spiro atoms. The molecule has 1 amide bonds. The molecule has 0 aromatic heterocycles. The van der Waals surface area contributed by atoms with Gasteiger partial charge >= 0.3 is 0 Å². The molecule has 23 heavy (non-hydrogen) atoms. The van der Waals surface area contributed by atoms with Crippen molar-refractivity contribution >= 4 is 21.6 Å². The van der Waals surface area contributed by atoms with Crippen LogP contribution < -0.4 is 4.31 Å². The topological polar surface area (TPSA) is 57.7 Å². The number of likely N-dealkylation sites (tertiary alicyclic amines) is 1. The van der Waals surface area contributed by atoms with E-state index >= 15 is 0 Å². The van der Waals surface area contributed by atoms with Crippen LogP contribution in [0, 0.1) is 19.8 Å². The second-order valence-electron chi connectivity index (χ2n) is 6.60. The maximum Gasteiger partial charge on any atom is 0.243 e. The highest BCUT2D eigenvalue weighted by Crippen LogP contribution is 2.27. The molecule has 1 heterocycles. The second-order valence-corrected chi connectivity index (χ2v) is 8.50. The van der Waals surface area contributed by atoms with Gasteiger partial charge in [-0.3, -0.25) is 9.10 Å². The van der Waals surface area contributed by atoms with Crippen LogP contribution in [0.5, 0.6) is 0 Å². The summed E-state index contributed by atoms with van der Waals surface area (Å²) in [6.07, 6.45) is 3.26. The normalized spacial score (nSPS) is 18.8. The third-order valence-corrected chi connectivity index (χ3v) is 5.49. The Bertz CT molecular complexity index is 665. The summed E-state index contributed by atoms with van der Waals surface area (Å²) >= 11 is 0. The first-order chi connectivity index (χ1) is 10.7. The maximum atomic E-state index is 12.6. The minimum Gasteiger partial charge on any atom is -0.341 e. The van der Waals surface area contributed by atoms with Crippen molar-refractivity contribution in [3.63, 3.8) is 0 Å². The molecule has 1 aliphatic rings. The van der Waals surface area contributed by atoms with Gasteiger partial charge < -0.3 is 4.90 Å². The molecular formula is C17H26N2O3S. The fraction of sp³-hybridized carbons (Fsp3) is 0.588. The molecule has 0 radical (unpaired) electrons. The Kier molecular flexibility index (Phi) is 5.34. The van der Waals surface area contributed by atoms with Gasteiger partial charge in [0.25, 0.3) is 0 Å². The van der Waals surface area contributed by atoms with Gasteiger partial charge in [0.05, 0.1) is 11.9 Å². The van der Waals surface area contributed by atoms with Crippen LogP contribution in [0.15, 0.2) is 18.2 Å². The molecule has 1 saturated heterocycles. The van der Waals surface area contributed by atoms with E-state index in [4.69, 9.17) is 0 Å². The third kappa shape index (κ3) is 4.25. The largest absolute Gasteiger partial charge is 0.341 e. The summed E-state index contributed by atoms with van der Waals surface area (Å²) in [5.74, 6) is 0.351. The van der Waals surface area contributed by atoms with E-state index in [2.05, 4.69) is 6.92 Å². The molecule has 0 unspecified atom stereocenters. The van der Waals surface area contributed by atoms with Crippen molar-refractivity contribution in [3.05, 3.63) is 29.3 Å². The molecule has 1 aromatic rings. The highest BCUT2D eigenvalue weighted by molar-refractivity contribution is 7.92. The van der Waals surface area contributed by atoms with Crippen LogP contribution in [0.25, 0.3) is 0 Å². The van der Waals surface area contributed by atoms with Crippen molar-refractivity contribution in [1.29, 1.82) is 0 Å². The van der Waals surface area contributed by atoms with Crippen LogP contribution in [0.2, 0.25) is 0 Å². The maximum absolute atomic E-state index is 12.6. The number of para-hydroxylation sites is 1. The van der Waals surface area contributed by atoms with Crippen LogP contribution in [-0.4, -0.2) is 45.1 Å². The number of hydrogen-bond acceptors (Lipinski definition) is 3. The minimum absolute atomic E-state index is 0.121. The number of aryl methyl sites for hydroxylation is 2. The third-order valence-electron chi connectivity index (χ3n) is 4.38. The molecule has 1 aliphatic heterocycles. The molecule has 0 aliphatic carbocycles. The zero-order chi connectivity index (χ0) is 17.2. The van der Waals surface area contributed by atoms with E-state index in [0.717, 1.165) is 30.2 Å². The molecule has 0 bridgehead atoms. The number of sulfonamides is 1. The number of nitrogens with zero attached hydrogens (tertiary/aromatic N) is 2. The van der Waals surface area contributed by atoms with Crippen molar-refractivity contribution in [3.8, 4) is 0 Å². The van der Waals surface area contributed by atoms with Crippen molar-refractivity contribution in [1.82, 2.24) is 4.90 Å². The fourth-order valence-corrected chi connectivity index (χ4v) is 4.16. The molecule has 6 heteroatoms. The quantitative estimate of drug-likeness (QED) is 0.846. The Hall–Kier alpha value is -1.56. The van der Waals surface area contributed by atoms with Crippen molar-refractivity contribution in [2.45, 2.75) is 33.6 Å². The summed E-state index contributed by atoms with van der Waals surface area (Å²) in [6, 6.07) is 5.63. The lowest BCUT2D eigenvalue weighted by atomic mass is 10.0. The van der Waals surface area contributed by atoms with Crippen molar-refractivity contribution < 1.29 is 13.2 Å². The predicted molar refractivity (Wildman–Crippen MR) is 93.1 cm³/mol. The number of carbonyl (C=O) groups excluding carboxylic acids is 1. The first kappa shape index (κ1) is 17.8. The number of piperidine rings is 1. The van der Waals surface area contributed by atoms with E-state index in [-0.39, 0.29) is 12.5 Å². The number of anilines is 1. The van der Waals surface area contributed by atoms with Crippen LogP contribution in [0.3, 0.4) is 0 Å². The van der Waals surface area contributed by atoms with Crippen molar-refractivity contribution in [2.75, 3.05) is 30.2 Å². The molecule has 1 aromatic carbocycles. The summed E-state index contributed by atoms with van der Waals surface area (Å²) in [5.41, 5.74) is 2.33. The Labute approximate surface area is 139 Å². The van der Waals surface area contributed by atoms with E-state index in [1.807, 2.05) is 32.0 Å². The van der Waals surface area contributed by atoms with Gasteiger partial charge in [-0.2, -0.15) is 0 Å². The summed E-state index contributed by atoms with van der Waals surface area (Å²) in [4.78, 5) is 14.4. The Balaban J connectivity index is 2.29. The Morgan fingerprint density at radius 2 is 1.91 bits per heavy atom. The molecule has 1 fully saturated rings. The fourth-order valence-electron chi connectivity index (χ4n) is 3.20. The van der Waals surface area contributed by atoms with E-state index in [0.29, 0.717) is 24.7 Å². The van der Waals surface area contributed by atoms with E-state index < -0.39 is 10.0 Å². The molecule has 0 N–H and O–H groups in total. The summed E-state index contributed by atoms with van der Waals surface area (Å²) in [5, 5.41) is 0. The SMILES string of the molecule is Cc1cccc(C)c1N(CC(=O)N1CCC[C@H](C)C1)S(C)(=O)=O. The first-order valence-corrected chi connectivity index (χ1v) is 9.86. The standard InChI is InChI=1S/C17H26N2O3S/c1-13-7-6-10-18(11-13)16(20)12-19(23(4,21)22)17-14(2)8-5-9-15(17)3/h5,8-9,13H,6-7,10-12H2,1-4H3/t13-/m0/s1. The lowest BCUT2D eigenvalue weighted by Gasteiger charge is -2.33. The van der Waals surface area contributed by atoms with E-state index in [9.17, 15) is 13.2 Å². The minimum atomic E-state index is -3.52. The van der Waals surface area contributed by atoms with Crippen molar-refractivity contribution in [2.24, 2.45) is 5.92 Å². The zero-order valence-corrected chi connectivity index (χ0v) is 15.2. The molecule has 0 saturated carbocycles. The van der Waals surface area contributed by atoms with Gasteiger partial charge in [-0.15, -0.1) is 0 Å². The lowest BCUT2D eigenvalue weighted by Crippen LogP contribution is -2.46. The van der Waals surface area contributed by atoms with Gasteiger partial charge in [0.2, 0.25) is 15.9 Å². The van der Waals surface area contributed by atoms with Gasteiger partial charge in [-0.25, -0.2) is 8.42 Å². The zero-order valence-electron chi connectivity index (χ0n) is 14.4. The number of rotatable bonds is 4. The smallest absolute Gasteiger partial charge is 0.243 e. The number of carbonyl (C=O) groups is 1. The Morgan fingerprint density at radius 1 is 1.30 bits per heavy atom. The highest BCUT2D eigenvalue weighted by Gasteiger charge is 2.28. The molecule has 2 rings (SSSR count). The Morgan fingerprint density at radius 3 is 2.43 bits per heavy atom. The van der Waals surface area contributed by atoms with Crippen LogP contribution in [0.1, 0.15) is 30.9 Å². The molecule has 128 valence electrons. The summed E-state index contributed by atoms with van der Waals surface area (Å²) in [7, 11) is -3.52. The van der Waals surface area contributed by atoms with Gasteiger partial charge in [-0.1, -0.05) is 25.1 Å². The summed E-state index contributed by atoms with van der Waals surface area (Å²) in [6.45, 7) is 7.16. The lowest BCUT2D eigenvalue weighted by molar-refractivity contribution is -0.131. The van der Waals surface area contributed by atoms with Gasteiger partial charge in [0.15, 0.2) is 0 Å². The highest BCUT2D eigenvalue weighted by atomic mass is 32.2. The van der Waals surface area contributed by atoms with Gasteiger partial charge in [0.1, 0.15) is 6.54 Å². The van der Waals surface area contributed by atoms with Crippen LogP contribution >= 0.6 is 0 Å². The second kappa shape index (κ2) is 6.91. The molecule has 1 atom stereocenters. The van der Waals surface area contributed by atoms with E-state index in [1.165, 1.54) is 4.31 Å². The monoisotopic (exact) mass is 338 g/mol. The average Bonchev–Trinajstić information content (AvgIpc) is 2.44. The van der Waals surface area contributed by atoms with Gasteiger partial charge in [-0.05, 0) is 43.7 Å². The average molecular weight is 338 g/mol. The predicted octanol–water partition coefficient (Wildman–Crippen LogP) is 2.33. The van der Waals surface area contributed by atoms with Crippen LogP contribution in [0.4, 0.5) is 5.69 Å².